The van der Waals surface area contributed by atoms with Crippen molar-refractivity contribution in [3.05, 3.63) is 58.0 Å². The lowest BCUT2D eigenvalue weighted by Crippen LogP contribution is -2.28. The maximum absolute atomic E-state index is 12.7. The first-order chi connectivity index (χ1) is 14.4. The Kier molecular flexibility index (Phi) is 6.51. The van der Waals surface area contributed by atoms with E-state index in [1.54, 1.807) is 23.4 Å². The van der Waals surface area contributed by atoms with Crippen LogP contribution in [0.3, 0.4) is 0 Å². The molecule has 1 amide bonds. The Balaban J connectivity index is 1.98. The van der Waals surface area contributed by atoms with Crippen molar-refractivity contribution in [2.45, 2.75) is 25.5 Å². The minimum absolute atomic E-state index is 0.0962. The number of carbonyl (C=O) groups is 2. The van der Waals surface area contributed by atoms with Gasteiger partial charge in [0.15, 0.2) is 5.16 Å². The van der Waals surface area contributed by atoms with Crippen molar-refractivity contribution >= 4 is 40.4 Å². The maximum Gasteiger partial charge on any atom is 0.338 e. The van der Waals surface area contributed by atoms with Gasteiger partial charge in [0.1, 0.15) is 5.65 Å². The molecular weight excluding hydrogens is 404 g/mol. The Morgan fingerprint density at radius 1 is 1.20 bits per heavy atom. The number of fused-ring (bicyclic) bond motifs is 1. The summed E-state index contributed by atoms with van der Waals surface area (Å²) in [5.41, 5.74) is 1.27. The summed E-state index contributed by atoms with van der Waals surface area (Å²) < 4.78 is 6.54. The van der Waals surface area contributed by atoms with Crippen LogP contribution in [0.25, 0.3) is 11.0 Å². The van der Waals surface area contributed by atoms with Crippen molar-refractivity contribution in [1.82, 2.24) is 14.5 Å². The zero-order chi connectivity index (χ0) is 21.8. The van der Waals surface area contributed by atoms with E-state index in [4.69, 9.17) is 4.74 Å². The minimum atomic E-state index is -0.618. The number of hydrogen-bond acceptors (Lipinski definition) is 7. The number of aryl methyl sites for hydroxylation is 2. The summed E-state index contributed by atoms with van der Waals surface area (Å²) in [6.45, 7) is 4.09. The summed E-state index contributed by atoms with van der Waals surface area (Å²) in [4.78, 5) is 47.7. The first-order valence-electron chi connectivity index (χ1n) is 9.32. The second kappa shape index (κ2) is 9.08. The average molecular weight is 426 g/mol. The number of ether oxygens (including phenoxy) is 1. The highest BCUT2D eigenvalue weighted by atomic mass is 32.2. The lowest BCUT2D eigenvalue weighted by Gasteiger charge is -2.18. The smallest absolute Gasteiger partial charge is 0.338 e. The Morgan fingerprint density at radius 3 is 2.53 bits per heavy atom. The van der Waals surface area contributed by atoms with Gasteiger partial charge in [-0.25, -0.2) is 9.78 Å². The van der Waals surface area contributed by atoms with Gasteiger partial charge in [-0.15, -0.1) is 0 Å². The number of pyridine rings is 1. The van der Waals surface area contributed by atoms with Gasteiger partial charge in [0.2, 0.25) is 5.91 Å². The summed E-state index contributed by atoms with van der Waals surface area (Å²) in [6, 6.07) is 10.8. The van der Waals surface area contributed by atoms with Crippen LogP contribution < -0.4 is 10.5 Å². The Bertz CT molecular complexity index is 1160. The van der Waals surface area contributed by atoms with Crippen LogP contribution in [0.1, 0.15) is 23.0 Å². The molecule has 0 saturated heterocycles. The zero-order valence-corrected chi connectivity index (χ0v) is 18.0. The predicted molar refractivity (Wildman–Crippen MR) is 116 cm³/mol. The van der Waals surface area contributed by atoms with Crippen molar-refractivity contribution in [2.24, 2.45) is 0 Å². The number of rotatable bonds is 6. The fraction of sp³-hybridized carbons (Fsp3) is 0.286. The van der Waals surface area contributed by atoms with Crippen molar-refractivity contribution in [3.63, 3.8) is 0 Å². The van der Waals surface area contributed by atoms with E-state index >= 15 is 0 Å². The van der Waals surface area contributed by atoms with Gasteiger partial charge in [-0.3, -0.25) is 9.59 Å². The van der Waals surface area contributed by atoms with Crippen LogP contribution in [0.15, 0.2) is 46.3 Å². The van der Waals surface area contributed by atoms with E-state index in [0.717, 1.165) is 17.4 Å². The molecule has 0 fully saturated rings. The number of nitrogens with zero attached hydrogens (tertiary/aromatic N) is 4. The molecule has 0 unspecified atom stereocenters. The van der Waals surface area contributed by atoms with E-state index in [0.29, 0.717) is 23.0 Å². The molecule has 156 valence electrons. The third kappa shape index (κ3) is 4.20. The fourth-order valence-corrected chi connectivity index (χ4v) is 4.01. The van der Waals surface area contributed by atoms with E-state index < -0.39 is 11.5 Å². The first kappa shape index (κ1) is 21.5. The number of benzene rings is 1. The number of aromatic nitrogens is 3. The molecule has 2 aromatic heterocycles. The Hall–Kier alpha value is -3.20. The van der Waals surface area contributed by atoms with Crippen LogP contribution >= 0.6 is 11.8 Å². The molecule has 0 aliphatic heterocycles. The molecule has 0 N–H and O–H groups in total. The number of esters is 1. The molecular formula is C21H22N4O4S. The maximum atomic E-state index is 12.7. The average Bonchev–Trinajstić information content (AvgIpc) is 2.76. The fourth-order valence-electron chi connectivity index (χ4n) is 3.04. The minimum Gasteiger partial charge on any atom is -0.465 e. The lowest BCUT2D eigenvalue weighted by atomic mass is 10.1. The number of amides is 1. The van der Waals surface area contributed by atoms with Gasteiger partial charge < -0.3 is 14.2 Å². The number of anilines is 1. The molecule has 0 atom stereocenters. The quantitative estimate of drug-likeness (QED) is 0.340. The number of thioether (sulfide) groups is 1. The number of para-hydroxylation sites is 1. The van der Waals surface area contributed by atoms with Gasteiger partial charge in [0.05, 0.1) is 23.8 Å². The molecule has 8 nitrogen and oxygen atoms in total. The van der Waals surface area contributed by atoms with Gasteiger partial charge in [0.25, 0.3) is 5.56 Å². The van der Waals surface area contributed by atoms with Crippen LogP contribution in [0, 0.1) is 6.92 Å². The molecule has 0 aliphatic rings. The standard InChI is InChI=1S/C21H22N4O4S/c1-5-25-18-17(15(20(28)29-4)11-13(2)22-18)19(27)23-21(25)30-12-16(26)24(3)14-9-7-6-8-10-14/h6-11H,5,12H2,1-4H3. The van der Waals surface area contributed by atoms with Crippen LogP contribution in [0.2, 0.25) is 0 Å². The SMILES string of the molecule is CCn1c(SCC(=O)N(C)c2ccccc2)nc(=O)c2c(C(=O)OC)cc(C)nc21. The van der Waals surface area contributed by atoms with Crippen molar-refractivity contribution < 1.29 is 14.3 Å². The summed E-state index contributed by atoms with van der Waals surface area (Å²) in [5, 5.41) is 0.491. The molecule has 2 heterocycles. The van der Waals surface area contributed by atoms with Crippen LogP contribution in [-0.2, 0) is 16.1 Å². The van der Waals surface area contributed by atoms with Gasteiger partial charge >= 0.3 is 5.97 Å². The van der Waals surface area contributed by atoms with Crippen LogP contribution in [0.5, 0.6) is 0 Å². The number of hydrogen-bond donors (Lipinski definition) is 0. The molecule has 1 aromatic carbocycles. The molecule has 0 spiro atoms. The van der Waals surface area contributed by atoms with Gasteiger partial charge in [0, 0.05) is 25.0 Å². The van der Waals surface area contributed by atoms with E-state index in [1.165, 1.54) is 13.2 Å². The van der Waals surface area contributed by atoms with Crippen LogP contribution in [-0.4, -0.2) is 46.3 Å². The van der Waals surface area contributed by atoms with Crippen LogP contribution in [0.4, 0.5) is 5.69 Å². The summed E-state index contributed by atoms with van der Waals surface area (Å²) in [5.74, 6) is -0.651. The second-order valence-electron chi connectivity index (χ2n) is 6.52. The predicted octanol–water partition coefficient (Wildman–Crippen LogP) is 2.66. The highest BCUT2D eigenvalue weighted by molar-refractivity contribution is 7.99. The molecule has 0 radical (unpaired) electrons. The second-order valence-corrected chi connectivity index (χ2v) is 7.46. The molecule has 0 aliphatic carbocycles. The highest BCUT2D eigenvalue weighted by Crippen LogP contribution is 2.23. The summed E-state index contributed by atoms with van der Waals surface area (Å²) >= 11 is 1.16. The normalized spacial score (nSPS) is 10.8. The van der Waals surface area contributed by atoms with E-state index in [2.05, 4.69) is 9.97 Å². The third-order valence-corrected chi connectivity index (χ3v) is 5.55. The van der Waals surface area contributed by atoms with Crippen molar-refractivity contribution in [1.29, 1.82) is 0 Å². The number of methoxy groups -OCH3 is 1. The van der Waals surface area contributed by atoms with Crippen molar-refractivity contribution in [3.8, 4) is 0 Å². The molecule has 3 aromatic rings. The highest BCUT2D eigenvalue weighted by Gasteiger charge is 2.21. The molecule has 3 rings (SSSR count). The Labute approximate surface area is 177 Å². The molecule has 30 heavy (non-hydrogen) atoms. The zero-order valence-electron chi connectivity index (χ0n) is 17.2. The van der Waals surface area contributed by atoms with E-state index in [-0.39, 0.29) is 22.6 Å². The summed E-state index contributed by atoms with van der Waals surface area (Å²) in [6.07, 6.45) is 0. The number of carbonyl (C=O) groups excluding carboxylic acids is 2. The molecule has 9 heteroatoms. The Morgan fingerprint density at radius 2 is 1.90 bits per heavy atom. The monoisotopic (exact) mass is 426 g/mol. The lowest BCUT2D eigenvalue weighted by molar-refractivity contribution is -0.115. The van der Waals surface area contributed by atoms with E-state index in [9.17, 15) is 14.4 Å². The topological polar surface area (TPSA) is 94.4 Å². The summed E-state index contributed by atoms with van der Waals surface area (Å²) in [7, 11) is 2.96. The molecule has 0 bridgehead atoms. The third-order valence-electron chi connectivity index (χ3n) is 4.59. The van der Waals surface area contributed by atoms with Gasteiger partial charge in [-0.2, -0.15) is 4.98 Å². The molecule has 0 saturated carbocycles. The van der Waals surface area contributed by atoms with E-state index in [1.807, 2.05) is 37.3 Å². The first-order valence-corrected chi connectivity index (χ1v) is 10.3. The van der Waals surface area contributed by atoms with Crippen molar-refractivity contribution in [2.75, 3.05) is 24.8 Å². The van der Waals surface area contributed by atoms with Gasteiger partial charge in [-0.1, -0.05) is 30.0 Å². The van der Waals surface area contributed by atoms with Gasteiger partial charge in [-0.05, 0) is 32.0 Å². The largest absolute Gasteiger partial charge is 0.465 e.